The van der Waals surface area contributed by atoms with Crippen molar-refractivity contribution in [2.75, 3.05) is 19.0 Å². The maximum absolute atomic E-state index is 10.8. The Morgan fingerprint density at radius 1 is 1.62 bits per heavy atom. The first-order valence-electron chi connectivity index (χ1n) is 4.54. The highest BCUT2D eigenvalue weighted by Gasteiger charge is 2.06. The maximum atomic E-state index is 10.8. The Bertz CT molecular complexity index is 377. The van der Waals surface area contributed by atoms with E-state index in [4.69, 9.17) is 0 Å². The number of ether oxygens (including phenoxy) is 1. The summed E-state index contributed by atoms with van der Waals surface area (Å²) in [5.41, 5.74) is 0.620. The second-order valence-electron chi connectivity index (χ2n) is 2.92. The van der Waals surface area contributed by atoms with E-state index in [1.54, 1.807) is 0 Å². The van der Waals surface area contributed by atoms with Gasteiger partial charge < -0.3 is 20.2 Å². The normalized spacial score (nSPS) is 9.56. The van der Waals surface area contributed by atoms with E-state index in [1.807, 2.05) is 0 Å². The standard InChI is InChI=1S/C9H11N3O4/c1-16-9(13)4-5-10-7-2-3-8(11-6-7)12(14)15/h2-3,6,10H,4-5H2,1H3. The number of hydrogen-bond donors (Lipinski definition) is 1. The molecule has 0 aliphatic carbocycles. The van der Waals surface area contributed by atoms with Crippen molar-refractivity contribution in [1.82, 2.24) is 4.98 Å². The van der Waals surface area contributed by atoms with Gasteiger partial charge in [0.2, 0.25) is 0 Å². The zero-order chi connectivity index (χ0) is 12.0. The predicted octanol–water partition coefficient (Wildman–Crippen LogP) is 0.965. The van der Waals surface area contributed by atoms with Gasteiger partial charge in [-0.25, -0.2) is 0 Å². The molecule has 0 atom stereocenters. The van der Waals surface area contributed by atoms with Crippen LogP contribution in [0.5, 0.6) is 0 Å². The summed E-state index contributed by atoms with van der Waals surface area (Å²) in [6.07, 6.45) is 1.57. The van der Waals surface area contributed by atoms with Crippen LogP contribution in [0.1, 0.15) is 6.42 Å². The van der Waals surface area contributed by atoms with Crippen molar-refractivity contribution in [2.24, 2.45) is 0 Å². The summed E-state index contributed by atoms with van der Waals surface area (Å²) >= 11 is 0. The van der Waals surface area contributed by atoms with Gasteiger partial charge in [-0.15, -0.1) is 0 Å². The van der Waals surface area contributed by atoms with Crippen molar-refractivity contribution in [3.05, 3.63) is 28.4 Å². The molecule has 0 fully saturated rings. The average molecular weight is 225 g/mol. The number of hydrogen-bond acceptors (Lipinski definition) is 6. The van der Waals surface area contributed by atoms with Crippen LogP contribution >= 0.6 is 0 Å². The molecule has 0 spiro atoms. The van der Waals surface area contributed by atoms with Crippen LogP contribution in [0.15, 0.2) is 18.3 Å². The van der Waals surface area contributed by atoms with Crippen LogP contribution in [0.2, 0.25) is 0 Å². The Balaban J connectivity index is 2.43. The molecule has 0 unspecified atom stereocenters. The van der Waals surface area contributed by atoms with Crippen LogP contribution < -0.4 is 5.32 Å². The molecule has 0 amide bonds. The first kappa shape index (κ1) is 11.9. The van der Waals surface area contributed by atoms with Gasteiger partial charge >= 0.3 is 11.8 Å². The number of anilines is 1. The molecule has 1 rings (SSSR count). The Kier molecular flexibility index (Phi) is 4.19. The van der Waals surface area contributed by atoms with E-state index in [2.05, 4.69) is 15.0 Å². The number of aromatic nitrogens is 1. The quantitative estimate of drug-likeness (QED) is 0.455. The number of methoxy groups -OCH3 is 1. The van der Waals surface area contributed by atoms with E-state index in [0.717, 1.165) is 0 Å². The van der Waals surface area contributed by atoms with E-state index in [-0.39, 0.29) is 18.2 Å². The molecule has 1 aromatic heterocycles. The van der Waals surface area contributed by atoms with Crippen molar-refractivity contribution in [3.8, 4) is 0 Å². The Labute approximate surface area is 91.6 Å². The molecule has 7 nitrogen and oxygen atoms in total. The summed E-state index contributed by atoms with van der Waals surface area (Å²) in [5, 5.41) is 13.2. The fourth-order valence-corrected chi connectivity index (χ4v) is 1.01. The fourth-order valence-electron chi connectivity index (χ4n) is 1.01. The van der Waals surface area contributed by atoms with Crippen LogP contribution in [-0.2, 0) is 9.53 Å². The first-order valence-corrected chi connectivity index (χ1v) is 4.54. The van der Waals surface area contributed by atoms with Gasteiger partial charge in [-0.05, 0) is 16.0 Å². The summed E-state index contributed by atoms with van der Waals surface area (Å²) in [4.78, 5) is 24.1. The maximum Gasteiger partial charge on any atom is 0.363 e. The zero-order valence-electron chi connectivity index (χ0n) is 8.67. The van der Waals surface area contributed by atoms with E-state index in [9.17, 15) is 14.9 Å². The molecule has 0 aliphatic heterocycles. The van der Waals surface area contributed by atoms with Crippen molar-refractivity contribution >= 4 is 17.5 Å². The van der Waals surface area contributed by atoms with Crippen molar-refractivity contribution in [1.29, 1.82) is 0 Å². The third-order valence-electron chi connectivity index (χ3n) is 1.82. The highest BCUT2D eigenvalue weighted by Crippen LogP contribution is 2.11. The summed E-state index contributed by atoms with van der Waals surface area (Å²) < 4.78 is 4.45. The van der Waals surface area contributed by atoms with E-state index in [1.165, 1.54) is 25.4 Å². The van der Waals surface area contributed by atoms with Gasteiger partial charge in [-0.3, -0.25) is 4.79 Å². The zero-order valence-corrected chi connectivity index (χ0v) is 8.67. The van der Waals surface area contributed by atoms with E-state index in [0.29, 0.717) is 12.2 Å². The molecule has 1 aromatic rings. The lowest BCUT2D eigenvalue weighted by molar-refractivity contribution is -0.389. The van der Waals surface area contributed by atoms with Crippen molar-refractivity contribution in [2.45, 2.75) is 6.42 Å². The smallest absolute Gasteiger partial charge is 0.363 e. The largest absolute Gasteiger partial charge is 0.469 e. The number of rotatable bonds is 5. The second-order valence-corrected chi connectivity index (χ2v) is 2.92. The summed E-state index contributed by atoms with van der Waals surface area (Å²) in [6.45, 7) is 0.395. The molecule has 1 heterocycles. The number of nitrogens with zero attached hydrogens (tertiary/aromatic N) is 2. The second kappa shape index (κ2) is 5.64. The van der Waals surface area contributed by atoms with Gasteiger partial charge in [-0.1, -0.05) is 0 Å². The van der Waals surface area contributed by atoms with E-state index < -0.39 is 4.92 Å². The molecule has 0 radical (unpaired) electrons. The first-order chi connectivity index (χ1) is 7.63. The third-order valence-corrected chi connectivity index (χ3v) is 1.82. The number of pyridine rings is 1. The number of carbonyl (C=O) groups excluding carboxylic acids is 1. The van der Waals surface area contributed by atoms with Crippen molar-refractivity contribution in [3.63, 3.8) is 0 Å². The Hall–Kier alpha value is -2.18. The van der Waals surface area contributed by atoms with Crippen LogP contribution in [-0.4, -0.2) is 29.5 Å². The molecule has 0 aliphatic rings. The lowest BCUT2D eigenvalue weighted by Crippen LogP contribution is -2.09. The summed E-state index contributed by atoms with van der Waals surface area (Å²) in [5.74, 6) is -0.527. The SMILES string of the molecule is COC(=O)CCNc1ccc([N+](=O)[O-])nc1. The lowest BCUT2D eigenvalue weighted by atomic mass is 10.3. The monoisotopic (exact) mass is 225 g/mol. The minimum absolute atomic E-state index is 0.210. The summed E-state index contributed by atoms with van der Waals surface area (Å²) in [6, 6.07) is 2.82. The van der Waals surface area contributed by atoms with Crippen molar-refractivity contribution < 1.29 is 14.5 Å². The van der Waals surface area contributed by atoms with Gasteiger partial charge in [0.05, 0.1) is 19.2 Å². The lowest BCUT2D eigenvalue weighted by Gasteiger charge is -2.02. The third kappa shape index (κ3) is 3.52. The molecule has 0 saturated heterocycles. The molecule has 0 bridgehead atoms. The fraction of sp³-hybridized carbons (Fsp3) is 0.333. The van der Waals surface area contributed by atoms with Gasteiger partial charge in [-0.2, -0.15) is 0 Å². The molecule has 0 saturated carbocycles. The minimum atomic E-state index is -0.571. The predicted molar refractivity (Wildman–Crippen MR) is 56.0 cm³/mol. The molecule has 1 N–H and O–H groups in total. The molecular weight excluding hydrogens is 214 g/mol. The number of esters is 1. The van der Waals surface area contributed by atoms with Gasteiger partial charge in [0.25, 0.3) is 0 Å². The van der Waals surface area contributed by atoms with Gasteiger partial charge in [0.15, 0.2) is 6.20 Å². The average Bonchev–Trinajstić information content (AvgIpc) is 2.29. The van der Waals surface area contributed by atoms with E-state index >= 15 is 0 Å². The highest BCUT2D eigenvalue weighted by molar-refractivity contribution is 5.69. The Morgan fingerprint density at radius 2 is 2.38 bits per heavy atom. The number of carbonyl (C=O) groups is 1. The summed E-state index contributed by atoms with van der Waals surface area (Å²) in [7, 11) is 1.32. The van der Waals surface area contributed by atoms with Crippen LogP contribution in [0, 0.1) is 10.1 Å². The number of nitro groups is 1. The molecule has 7 heteroatoms. The molecule has 86 valence electrons. The van der Waals surface area contributed by atoms with Gasteiger partial charge in [0, 0.05) is 12.6 Å². The highest BCUT2D eigenvalue weighted by atomic mass is 16.6. The van der Waals surface area contributed by atoms with Crippen LogP contribution in [0.25, 0.3) is 0 Å². The minimum Gasteiger partial charge on any atom is -0.469 e. The van der Waals surface area contributed by atoms with Crippen LogP contribution in [0.4, 0.5) is 11.5 Å². The molecule has 0 aromatic carbocycles. The topological polar surface area (TPSA) is 94.4 Å². The number of nitrogens with one attached hydrogen (secondary N) is 1. The molecule has 16 heavy (non-hydrogen) atoms. The Morgan fingerprint density at radius 3 is 2.88 bits per heavy atom. The molecular formula is C9H11N3O4. The van der Waals surface area contributed by atoms with Gasteiger partial charge in [0.1, 0.15) is 0 Å². The van der Waals surface area contributed by atoms with Crippen LogP contribution in [0.3, 0.4) is 0 Å².